The molecule has 35 heavy (non-hydrogen) atoms. The Balaban J connectivity index is 1.98. The molecule has 0 aromatic carbocycles. The van der Waals surface area contributed by atoms with Gasteiger partial charge in [0.25, 0.3) is 0 Å². The van der Waals surface area contributed by atoms with Crippen LogP contribution in [-0.4, -0.2) is 81.2 Å². The van der Waals surface area contributed by atoms with E-state index in [1.165, 1.54) is 5.57 Å². The minimum absolute atomic E-state index is 0.0141. The third kappa shape index (κ3) is 8.63. The number of hydrogen-bond acceptors (Lipinski definition) is 8. The minimum Gasteiger partial charge on any atom is -0.447 e. The summed E-state index contributed by atoms with van der Waals surface area (Å²) in [4.78, 5) is 24.6. The van der Waals surface area contributed by atoms with Crippen molar-refractivity contribution in [2.24, 2.45) is 11.7 Å². The smallest absolute Gasteiger partial charge is 0.408 e. The Morgan fingerprint density at radius 3 is 2.46 bits per heavy atom. The first-order valence-electron chi connectivity index (χ1n) is 12.4. The zero-order valence-corrected chi connectivity index (χ0v) is 22.4. The molecule has 2 rings (SSSR count). The van der Waals surface area contributed by atoms with Crippen molar-refractivity contribution in [3.8, 4) is 0 Å². The maximum Gasteiger partial charge on any atom is 0.408 e. The van der Waals surface area contributed by atoms with Crippen molar-refractivity contribution >= 4 is 12.2 Å². The molecule has 1 spiro atoms. The van der Waals surface area contributed by atoms with E-state index in [0.717, 1.165) is 6.42 Å². The fourth-order valence-electron chi connectivity index (χ4n) is 4.66. The molecule has 0 bridgehead atoms. The summed E-state index contributed by atoms with van der Waals surface area (Å²) in [6, 6.07) is 0. The Kier molecular flexibility index (Phi) is 10.4. The van der Waals surface area contributed by atoms with Gasteiger partial charge in [-0.25, -0.2) is 9.59 Å². The van der Waals surface area contributed by atoms with Gasteiger partial charge in [0.1, 0.15) is 18.8 Å². The standard InChI is InChI=1S/C25H45N3O7/c1-17(2)10-14-33-24(5,6)20-19(31-7)18(9-11-25(20)16-34-25)35-22(30)28-23(3,4)15-32-21(29)27-13-8-12-26/h10,18-20H,8-9,11-16,26H2,1-7H3,(H,27,29)(H,28,30)/t18?,19?,20?,25-/m0/s1. The fraction of sp³-hybridized carbons (Fsp3) is 0.840. The third-order valence-corrected chi connectivity index (χ3v) is 6.51. The van der Waals surface area contributed by atoms with Gasteiger partial charge in [-0.15, -0.1) is 0 Å². The normalized spacial score (nSPS) is 26.1. The molecule has 4 atom stereocenters. The van der Waals surface area contributed by atoms with Crippen molar-refractivity contribution in [1.82, 2.24) is 10.6 Å². The Morgan fingerprint density at radius 1 is 1.20 bits per heavy atom. The number of epoxide rings is 1. The lowest BCUT2D eigenvalue weighted by Gasteiger charge is -2.47. The third-order valence-electron chi connectivity index (χ3n) is 6.51. The van der Waals surface area contributed by atoms with Crippen LogP contribution in [0.1, 0.15) is 60.8 Å². The van der Waals surface area contributed by atoms with Crippen LogP contribution in [0.15, 0.2) is 11.6 Å². The second-order valence-corrected chi connectivity index (χ2v) is 10.9. The molecule has 0 radical (unpaired) electrons. The summed E-state index contributed by atoms with van der Waals surface area (Å²) < 4.78 is 29.1. The molecule has 3 unspecified atom stereocenters. The van der Waals surface area contributed by atoms with E-state index in [2.05, 4.69) is 10.6 Å². The SMILES string of the molecule is COC1C(OC(=O)NC(C)(C)COC(=O)NCCCN)CC[C@]2(CO2)C1C(C)(C)OCC=C(C)C. The van der Waals surface area contributed by atoms with Gasteiger partial charge in [-0.1, -0.05) is 11.6 Å². The predicted molar refractivity (Wildman–Crippen MR) is 132 cm³/mol. The molecule has 1 saturated carbocycles. The average molecular weight is 500 g/mol. The number of carbonyl (C=O) groups is 2. The molecule has 1 aliphatic heterocycles. The summed E-state index contributed by atoms with van der Waals surface area (Å²) in [5, 5.41) is 5.41. The van der Waals surface area contributed by atoms with Crippen molar-refractivity contribution in [3.63, 3.8) is 0 Å². The fourth-order valence-corrected chi connectivity index (χ4v) is 4.66. The van der Waals surface area contributed by atoms with Crippen molar-refractivity contribution in [2.75, 3.05) is 40.0 Å². The van der Waals surface area contributed by atoms with Gasteiger partial charge >= 0.3 is 12.2 Å². The monoisotopic (exact) mass is 499 g/mol. The topological polar surface area (TPSA) is 134 Å². The summed E-state index contributed by atoms with van der Waals surface area (Å²) in [5.74, 6) is -0.120. The Morgan fingerprint density at radius 2 is 1.89 bits per heavy atom. The maximum atomic E-state index is 12.8. The molecule has 1 saturated heterocycles. The van der Waals surface area contributed by atoms with Gasteiger partial charge in [0, 0.05) is 19.6 Å². The highest BCUT2D eigenvalue weighted by molar-refractivity contribution is 5.69. The number of nitrogens with two attached hydrogens (primary N) is 1. The predicted octanol–water partition coefficient (Wildman–Crippen LogP) is 2.89. The summed E-state index contributed by atoms with van der Waals surface area (Å²) >= 11 is 0. The molecular formula is C25H45N3O7. The van der Waals surface area contributed by atoms with E-state index in [1.807, 2.05) is 33.8 Å². The van der Waals surface area contributed by atoms with Crippen molar-refractivity contribution in [1.29, 1.82) is 0 Å². The first kappa shape index (κ1) is 29.4. The van der Waals surface area contributed by atoms with E-state index in [-0.39, 0.29) is 18.1 Å². The number of ether oxygens (including phenoxy) is 5. The molecule has 1 aliphatic carbocycles. The van der Waals surface area contributed by atoms with Crippen LogP contribution in [0, 0.1) is 5.92 Å². The molecule has 4 N–H and O–H groups in total. The number of amides is 2. The van der Waals surface area contributed by atoms with Crippen LogP contribution >= 0.6 is 0 Å². The summed E-state index contributed by atoms with van der Waals surface area (Å²) in [5.41, 5.74) is 4.88. The zero-order chi connectivity index (χ0) is 26.3. The summed E-state index contributed by atoms with van der Waals surface area (Å²) in [7, 11) is 1.63. The van der Waals surface area contributed by atoms with Gasteiger partial charge in [-0.3, -0.25) is 0 Å². The van der Waals surface area contributed by atoms with Crippen molar-refractivity contribution < 1.29 is 33.3 Å². The van der Waals surface area contributed by atoms with Gasteiger partial charge in [-0.05, 0) is 67.3 Å². The molecule has 2 amide bonds. The quantitative estimate of drug-likeness (QED) is 0.212. The van der Waals surface area contributed by atoms with E-state index >= 15 is 0 Å². The van der Waals surface area contributed by atoms with Crippen LogP contribution in [0.4, 0.5) is 9.59 Å². The van der Waals surface area contributed by atoms with E-state index in [9.17, 15) is 9.59 Å². The number of methoxy groups -OCH3 is 1. The Labute approximate surface area is 209 Å². The van der Waals surface area contributed by atoms with Gasteiger partial charge in [0.05, 0.1) is 30.0 Å². The number of rotatable bonds is 12. The molecule has 2 aliphatic rings. The number of hydrogen-bond donors (Lipinski definition) is 3. The molecule has 10 nitrogen and oxygen atoms in total. The van der Waals surface area contributed by atoms with Crippen LogP contribution in [-0.2, 0) is 23.7 Å². The maximum absolute atomic E-state index is 12.8. The molecule has 202 valence electrons. The minimum atomic E-state index is -0.827. The highest BCUT2D eigenvalue weighted by atomic mass is 16.6. The van der Waals surface area contributed by atoms with Crippen LogP contribution in [0.5, 0.6) is 0 Å². The Bertz CT molecular complexity index is 745. The molecular weight excluding hydrogens is 454 g/mol. The van der Waals surface area contributed by atoms with Gasteiger partial charge in [0.2, 0.25) is 0 Å². The number of nitrogens with one attached hydrogen (secondary N) is 2. The molecule has 1 heterocycles. The van der Waals surface area contributed by atoms with E-state index in [1.54, 1.807) is 21.0 Å². The summed E-state index contributed by atoms with van der Waals surface area (Å²) in [6.45, 7) is 13.7. The second-order valence-electron chi connectivity index (χ2n) is 10.9. The number of allylic oxidation sites excluding steroid dienone is 1. The van der Waals surface area contributed by atoms with Gasteiger partial charge in [-0.2, -0.15) is 0 Å². The van der Waals surface area contributed by atoms with Crippen LogP contribution in [0.3, 0.4) is 0 Å². The summed E-state index contributed by atoms with van der Waals surface area (Å²) in [6.07, 6.45) is 2.05. The number of alkyl carbamates (subject to hydrolysis) is 2. The van der Waals surface area contributed by atoms with Crippen LogP contribution < -0.4 is 16.4 Å². The van der Waals surface area contributed by atoms with E-state index in [4.69, 9.17) is 29.4 Å². The molecule has 2 fully saturated rings. The zero-order valence-electron chi connectivity index (χ0n) is 22.4. The van der Waals surface area contributed by atoms with Crippen molar-refractivity contribution in [3.05, 3.63) is 11.6 Å². The van der Waals surface area contributed by atoms with Crippen LogP contribution in [0.25, 0.3) is 0 Å². The largest absolute Gasteiger partial charge is 0.447 e. The van der Waals surface area contributed by atoms with Gasteiger partial charge in [0.15, 0.2) is 0 Å². The molecule has 0 aromatic rings. The van der Waals surface area contributed by atoms with Crippen LogP contribution in [0.2, 0.25) is 0 Å². The first-order chi connectivity index (χ1) is 16.4. The molecule has 10 heteroatoms. The first-order valence-corrected chi connectivity index (χ1v) is 12.4. The van der Waals surface area contributed by atoms with Crippen molar-refractivity contribution in [2.45, 2.75) is 89.8 Å². The molecule has 0 aromatic heterocycles. The lowest BCUT2D eigenvalue weighted by atomic mass is 9.68. The lowest BCUT2D eigenvalue weighted by Crippen LogP contribution is -2.59. The van der Waals surface area contributed by atoms with Gasteiger partial charge < -0.3 is 40.1 Å². The van der Waals surface area contributed by atoms with E-state index in [0.29, 0.717) is 39.1 Å². The average Bonchev–Trinajstić information content (AvgIpc) is 3.52. The van der Waals surface area contributed by atoms with E-state index < -0.39 is 35.5 Å². The highest BCUT2D eigenvalue weighted by Gasteiger charge is 2.64. The Hall–Kier alpha value is -1.88. The second kappa shape index (κ2) is 12.4. The lowest BCUT2D eigenvalue weighted by molar-refractivity contribution is -0.172. The number of carbonyl (C=O) groups excluding carboxylic acids is 2. The highest BCUT2D eigenvalue weighted by Crippen LogP contribution is 2.52.